The third-order valence-corrected chi connectivity index (χ3v) is 3.13. The predicted octanol–water partition coefficient (Wildman–Crippen LogP) is 2.12. The number of anilines is 1. The van der Waals surface area contributed by atoms with Crippen molar-refractivity contribution in [2.24, 2.45) is 5.73 Å². The zero-order chi connectivity index (χ0) is 15.1. The Bertz CT molecular complexity index is 414. The summed E-state index contributed by atoms with van der Waals surface area (Å²) in [4.78, 5) is 15.8. The lowest BCUT2D eigenvalue weighted by atomic mass is 10.1. The first-order chi connectivity index (χ1) is 9.40. The molecule has 0 aliphatic heterocycles. The highest BCUT2D eigenvalue weighted by Crippen LogP contribution is 2.14. The van der Waals surface area contributed by atoms with Crippen LogP contribution in [0.5, 0.6) is 0 Å². The standard InChI is InChI=1S/C15H26N4O/c1-12(16)13-6-8-14(9-7-13)17-15(20)19(4)11-5-10-18(2)3/h6-9,12H,5,10-11,16H2,1-4H3,(H,17,20). The number of amides is 2. The van der Waals surface area contributed by atoms with Crippen molar-refractivity contribution in [2.75, 3.05) is 39.5 Å². The van der Waals surface area contributed by atoms with E-state index < -0.39 is 0 Å². The van der Waals surface area contributed by atoms with Crippen LogP contribution in [0.25, 0.3) is 0 Å². The van der Waals surface area contributed by atoms with Crippen molar-refractivity contribution >= 4 is 11.7 Å². The van der Waals surface area contributed by atoms with E-state index in [2.05, 4.69) is 10.2 Å². The summed E-state index contributed by atoms with van der Waals surface area (Å²) < 4.78 is 0. The molecule has 1 atom stereocenters. The van der Waals surface area contributed by atoms with E-state index in [9.17, 15) is 4.79 Å². The van der Waals surface area contributed by atoms with Crippen LogP contribution in [0.1, 0.15) is 24.9 Å². The van der Waals surface area contributed by atoms with Gasteiger partial charge in [-0.05, 0) is 51.7 Å². The van der Waals surface area contributed by atoms with Crippen LogP contribution in [0.15, 0.2) is 24.3 Å². The van der Waals surface area contributed by atoms with Crippen LogP contribution in [0, 0.1) is 0 Å². The lowest BCUT2D eigenvalue weighted by Crippen LogP contribution is -2.33. The SMILES string of the molecule is CC(N)c1ccc(NC(=O)N(C)CCCN(C)C)cc1. The van der Waals surface area contributed by atoms with Gasteiger partial charge < -0.3 is 20.9 Å². The summed E-state index contributed by atoms with van der Waals surface area (Å²) in [6, 6.07) is 7.55. The zero-order valence-electron chi connectivity index (χ0n) is 12.9. The Balaban J connectivity index is 2.44. The molecule has 2 amide bonds. The Morgan fingerprint density at radius 2 is 1.80 bits per heavy atom. The molecule has 0 bridgehead atoms. The Hall–Kier alpha value is -1.59. The minimum atomic E-state index is -0.0858. The molecule has 0 radical (unpaired) electrons. The smallest absolute Gasteiger partial charge is 0.321 e. The largest absolute Gasteiger partial charge is 0.328 e. The average molecular weight is 278 g/mol. The number of rotatable bonds is 6. The molecule has 1 rings (SSSR count). The molecule has 0 spiro atoms. The highest BCUT2D eigenvalue weighted by molar-refractivity contribution is 5.89. The summed E-state index contributed by atoms with van der Waals surface area (Å²) in [5.74, 6) is 0. The van der Waals surface area contributed by atoms with Crippen molar-refractivity contribution in [1.29, 1.82) is 0 Å². The monoisotopic (exact) mass is 278 g/mol. The van der Waals surface area contributed by atoms with Gasteiger partial charge in [0.05, 0.1) is 0 Å². The highest BCUT2D eigenvalue weighted by Gasteiger charge is 2.08. The van der Waals surface area contributed by atoms with Crippen LogP contribution in [-0.2, 0) is 0 Å². The molecular weight excluding hydrogens is 252 g/mol. The molecule has 1 aromatic carbocycles. The number of nitrogens with zero attached hydrogens (tertiary/aromatic N) is 2. The van der Waals surface area contributed by atoms with Gasteiger partial charge in [-0.15, -0.1) is 0 Å². The zero-order valence-corrected chi connectivity index (χ0v) is 12.9. The first-order valence-electron chi connectivity index (χ1n) is 6.92. The Labute approximate surface area is 121 Å². The molecule has 5 nitrogen and oxygen atoms in total. The van der Waals surface area contributed by atoms with Crippen molar-refractivity contribution in [1.82, 2.24) is 9.80 Å². The number of urea groups is 1. The number of carbonyl (C=O) groups is 1. The third kappa shape index (κ3) is 5.59. The van der Waals surface area contributed by atoms with Crippen LogP contribution in [0.2, 0.25) is 0 Å². The number of carbonyl (C=O) groups excluding carboxylic acids is 1. The molecule has 0 aliphatic carbocycles. The Morgan fingerprint density at radius 3 is 2.30 bits per heavy atom. The second-order valence-electron chi connectivity index (χ2n) is 5.42. The summed E-state index contributed by atoms with van der Waals surface area (Å²) in [7, 11) is 5.86. The normalized spacial score (nSPS) is 12.3. The quantitative estimate of drug-likeness (QED) is 0.838. The fourth-order valence-electron chi connectivity index (χ4n) is 1.81. The second kappa shape index (κ2) is 7.87. The molecule has 0 saturated heterocycles. The summed E-state index contributed by atoms with van der Waals surface area (Å²) in [5, 5.41) is 2.88. The summed E-state index contributed by atoms with van der Waals surface area (Å²) in [6.45, 7) is 3.65. The van der Waals surface area contributed by atoms with Crippen LogP contribution < -0.4 is 11.1 Å². The molecule has 20 heavy (non-hydrogen) atoms. The maximum absolute atomic E-state index is 12.0. The molecule has 0 fully saturated rings. The first kappa shape index (κ1) is 16.5. The van der Waals surface area contributed by atoms with Crippen LogP contribution in [0.4, 0.5) is 10.5 Å². The predicted molar refractivity (Wildman–Crippen MR) is 83.9 cm³/mol. The van der Waals surface area contributed by atoms with E-state index in [0.29, 0.717) is 0 Å². The van der Waals surface area contributed by atoms with E-state index in [4.69, 9.17) is 5.73 Å². The van der Waals surface area contributed by atoms with Gasteiger partial charge in [0.15, 0.2) is 0 Å². The van der Waals surface area contributed by atoms with Crippen LogP contribution in [0.3, 0.4) is 0 Å². The first-order valence-corrected chi connectivity index (χ1v) is 6.92. The minimum absolute atomic E-state index is 0.00783. The lowest BCUT2D eigenvalue weighted by molar-refractivity contribution is 0.220. The van der Waals surface area contributed by atoms with E-state index >= 15 is 0 Å². The molecule has 0 aromatic heterocycles. The van der Waals surface area contributed by atoms with Crippen molar-refractivity contribution in [3.05, 3.63) is 29.8 Å². The minimum Gasteiger partial charge on any atom is -0.328 e. The van der Waals surface area contributed by atoms with Gasteiger partial charge in [0.2, 0.25) is 0 Å². The molecule has 112 valence electrons. The van der Waals surface area contributed by atoms with E-state index in [1.165, 1.54) is 0 Å². The summed E-state index contributed by atoms with van der Waals surface area (Å²) >= 11 is 0. The fraction of sp³-hybridized carbons (Fsp3) is 0.533. The van der Waals surface area contributed by atoms with Gasteiger partial charge in [0, 0.05) is 25.3 Å². The number of hydrogen-bond acceptors (Lipinski definition) is 3. The Kier molecular flexibility index (Phi) is 6.48. The molecule has 0 aliphatic rings. The number of benzene rings is 1. The topological polar surface area (TPSA) is 61.6 Å². The van der Waals surface area contributed by atoms with Gasteiger partial charge in [-0.1, -0.05) is 12.1 Å². The van der Waals surface area contributed by atoms with Crippen molar-refractivity contribution in [3.63, 3.8) is 0 Å². The molecular formula is C15H26N4O. The summed E-state index contributed by atoms with van der Waals surface area (Å²) in [5.41, 5.74) is 7.64. The summed E-state index contributed by atoms with van der Waals surface area (Å²) in [6.07, 6.45) is 0.959. The number of nitrogens with one attached hydrogen (secondary N) is 1. The number of nitrogens with two attached hydrogens (primary N) is 1. The van der Waals surface area contributed by atoms with Crippen molar-refractivity contribution < 1.29 is 4.79 Å². The van der Waals surface area contributed by atoms with Gasteiger partial charge in [0.25, 0.3) is 0 Å². The van der Waals surface area contributed by atoms with Crippen molar-refractivity contribution in [2.45, 2.75) is 19.4 Å². The average Bonchev–Trinajstić information content (AvgIpc) is 2.38. The maximum Gasteiger partial charge on any atom is 0.321 e. The molecule has 1 unspecified atom stereocenters. The van der Waals surface area contributed by atoms with Gasteiger partial charge >= 0.3 is 6.03 Å². The van der Waals surface area contributed by atoms with Crippen molar-refractivity contribution in [3.8, 4) is 0 Å². The van der Waals surface area contributed by atoms with E-state index in [-0.39, 0.29) is 12.1 Å². The van der Waals surface area contributed by atoms with E-state index in [0.717, 1.165) is 30.8 Å². The molecule has 0 heterocycles. The van der Waals surface area contributed by atoms with Gasteiger partial charge in [-0.25, -0.2) is 4.79 Å². The fourth-order valence-corrected chi connectivity index (χ4v) is 1.81. The van der Waals surface area contributed by atoms with E-state index in [1.807, 2.05) is 45.3 Å². The molecule has 0 saturated carbocycles. The van der Waals surface area contributed by atoms with Gasteiger partial charge in [0.1, 0.15) is 0 Å². The lowest BCUT2D eigenvalue weighted by Gasteiger charge is -2.19. The maximum atomic E-state index is 12.0. The van der Waals surface area contributed by atoms with Gasteiger partial charge in [-0.3, -0.25) is 0 Å². The number of hydrogen-bond donors (Lipinski definition) is 2. The highest BCUT2D eigenvalue weighted by atomic mass is 16.2. The third-order valence-electron chi connectivity index (χ3n) is 3.13. The van der Waals surface area contributed by atoms with Gasteiger partial charge in [-0.2, -0.15) is 0 Å². The molecule has 1 aromatic rings. The van der Waals surface area contributed by atoms with E-state index in [1.54, 1.807) is 11.9 Å². The molecule has 3 N–H and O–H groups in total. The van der Waals surface area contributed by atoms with Crippen LogP contribution in [-0.4, -0.2) is 50.1 Å². The molecule has 5 heteroatoms. The van der Waals surface area contributed by atoms with Crippen LogP contribution >= 0.6 is 0 Å². The Morgan fingerprint density at radius 1 is 1.20 bits per heavy atom. The second-order valence-corrected chi connectivity index (χ2v) is 5.42.